The molecule has 51 heavy (non-hydrogen) atoms. The zero-order valence-electron chi connectivity index (χ0n) is 28.5. The highest BCUT2D eigenvalue weighted by molar-refractivity contribution is 6.04. The van der Waals surface area contributed by atoms with E-state index >= 15 is 0 Å². The third-order valence-electron chi connectivity index (χ3n) is 9.59. The Hall–Kier alpha value is -6.06. The van der Waals surface area contributed by atoms with Crippen molar-refractivity contribution in [2.24, 2.45) is 16.6 Å². The first kappa shape index (κ1) is 33.4. The maximum Gasteiger partial charge on any atom is 0.278 e. The van der Waals surface area contributed by atoms with Crippen LogP contribution in [0.5, 0.6) is 0 Å². The number of rotatable bonds is 2. The average Bonchev–Trinajstić information content (AvgIpc) is 3.84. The summed E-state index contributed by atoms with van der Waals surface area (Å²) in [6.07, 6.45) is 4.90. The van der Waals surface area contributed by atoms with Crippen molar-refractivity contribution >= 4 is 63.3 Å². The molecule has 2 aromatic carbocycles. The van der Waals surface area contributed by atoms with Gasteiger partial charge in [-0.05, 0) is 82.3 Å². The number of nitrogens with one attached hydrogen (secondary N) is 3. The molecule has 16 heteroatoms. The van der Waals surface area contributed by atoms with Gasteiger partial charge in [-0.3, -0.25) is 39.9 Å². The summed E-state index contributed by atoms with van der Waals surface area (Å²) in [4.78, 5) is 60.8. The number of aromatic amines is 1. The van der Waals surface area contributed by atoms with Gasteiger partial charge in [0.1, 0.15) is 6.04 Å². The molecular weight excluding hydrogens is 652 g/mol. The number of fused-ring (bicyclic) bond motifs is 8. The number of hydrazone groups is 1. The first-order valence-electron chi connectivity index (χ1n) is 17.1. The summed E-state index contributed by atoms with van der Waals surface area (Å²) in [7, 11) is 0. The number of carbonyl (C=O) groups excluding carboxylic acids is 4. The third kappa shape index (κ3) is 6.63. The van der Waals surface area contributed by atoms with E-state index in [-0.39, 0.29) is 11.8 Å². The van der Waals surface area contributed by atoms with Crippen LogP contribution in [0.15, 0.2) is 41.5 Å². The highest BCUT2D eigenvalue weighted by atomic mass is 16.2. The molecule has 5 heterocycles. The number of hydrogen-bond donors (Lipinski definition) is 5. The van der Waals surface area contributed by atoms with Crippen LogP contribution in [0.2, 0.25) is 0 Å². The van der Waals surface area contributed by atoms with Gasteiger partial charge < -0.3 is 20.6 Å². The summed E-state index contributed by atoms with van der Waals surface area (Å²) >= 11 is 0. The van der Waals surface area contributed by atoms with Crippen molar-refractivity contribution in [3.63, 3.8) is 0 Å². The minimum Gasteiger partial charge on any atom is -0.366 e. The Morgan fingerprint density at radius 1 is 0.784 bits per heavy atom. The van der Waals surface area contributed by atoms with E-state index < -0.39 is 17.9 Å². The number of benzene rings is 2. The van der Waals surface area contributed by atoms with E-state index in [2.05, 4.69) is 25.9 Å². The summed E-state index contributed by atoms with van der Waals surface area (Å²) < 4.78 is 3.84. The number of nitrogens with two attached hydrogens (primary N) is 2. The molecule has 2 aliphatic rings. The smallest absolute Gasteiger partial charge is 0.278 e. The maximum absolute atomic E-state index is 13.8. The molecule has 3 aromatic heterocycles. The fourth-order valence-electron chi connectivity index (χ4n) is 6.95. The molecule has 0 radical (unpaired) electrons. The van der Waals surface area contributed by atoms with Gasteiger partial charge in [-0.15, -0.1) is 0 Å². The van der Waals surface area contributed by atoms with Crippen LogP contribution in [0.1, 0.15) is 87.9 Å². The van der Waals surface area contributed by atoms with E-state index in [1.807, 2.05) is 28.0 Å². The molecule has 0 spiro atoms. The zero-order chi connectivity index (χ0) is 35.8. The number of primary amides is 2. The van der Waals surface area contributed by atoms with Crippen LogP contribution in [0.3, 0.4) is 0 Å². The quantitative estimate of drug-likeness (QED) is 0.184. The predicted octanol–water partition coefficient (Wildman–Crippen LogP) is 3.46. The van der Waals surface area contributed by atoms with Crippen LogP contribution in [0, 0.1) is 6.92 Å². The molecular formula is C35H40N12O4. The number of aromatic nitrogens is 6. The van der Waals surface area contributed by atoms with Crippen LogP contribution >= 0.6 is 0 Å². The molecule has 1 unspecified atom stereocenters. The van der Waals surface area contributed by atoms with Crippen molar-refractivity contribution in [1.82, 2.24) is 34.3 Å². The highest BCUT2D eigenvalue weighted by Gasteiger charge is 2.32. The van der Waals surface area contributed by atoms with Gasteiger partial charge in [-0.1, -0.05) is 6.42 Å². The van der Waals surface area contributed by atoms with E-state index in [9.17, 15) is 19.2 Å². The lowest BCUT2D eigenvalue weighted by Gasteiger charge is -2.23. The minimum atomic E-state index is -0.574. The first-order valence-corrected chi connectivity index (χ1v) is 17.1. The second-order valence-electron chi connectivity index (χ2n) is 13.2. The van der Waals surface area contributed by atoms with E-state index in [1.165, 1.54) is 0 Å². The number of carbonyl (C=O) groups is 4. The third-order valence-corrected chi connectivity index (χ3v) is 9.59. The first-order chi connectivity index (χ1) is 24.6. The Balaban J connectivity index is 1.24. The van der Waals surface area contributed by atoms with Crippen molar-refractivity contribution in [2.75, 3.05) is 17.2 Å². The summed E-state index contributed by atoms with van der Waals surface area (Å²) in [6, 6.07) is 9.60. The second kappa shape index (κ2) is 13.7. The Bertz CT molecular complexity index is 2230. The number of H-pyrrole nitrogens is 1. The molecule has 0 saturated carbocycles. The largest absolute Gasteiger partial charge is 0.366 e. The van der Waals surface area contributed by atoms with E-state index in [0.29, 0.717) is 85.1 Å². The Kier molecular flexibility index (Phi) is 8.97. The van der Waals surface area contributed by atoms with E-state index in [1.54, 1.807) is 36.4 Å². The minimum absolute atomic E-state index is 0.207. The van der Waals surface area contributed by atoms with Crippen LogP contribution in [0.4, 0.5) is 11.9 Å². The van der Waals surface area contributed by atoms with Gasteiger partial charge in [0.05, 0.1) is 22.1 Å². The molecule has 0 fully saturated rings. The Labute approximate surface area is 292 Å². The molecule has 0 saturated heterocycles. The summed E-state index contributed by atoms with van der Waals surface area (Å²) in [5.41, 5.74) is 17.1. The van der Waals surface area contributed by atoms with Crippen LogP contribution in [-0.2, 0) is 24.3 Å². The van der Waals surface area contributed by atoms with E-state index in [4.69, 9.17) is 21.4 Å². The number of aryl methyl sites for hydroxylation is 3. The molecule has 5 aromatic rings. The van der Waals surface area contributed by atoms with Crippen molar-refractivity contribution in [3.05, 3.63) is 64.5 Å². The fraction of sp³-hybridized carbons (Fsp3) is 0.371. The van der Waals surface area contributed by atoms with Crippen LogP contribution in [-0.4, -0.2) is 76.2 Å². The molecule has 2 aliphatic heterocycles. The molecule has 0 aliphatic carbocycles. The standard InChI is InChI=1S/C35H40N12O4/c1-19-16-28-32(50)40-34-38-24-17-21(30(36)48)9-11-26(24)45(34)13-6-7-14-46-27-12-10-22(31(37)49)18-25(27)39-35(46)41-33(51)29-23(20(2)42-43-29)8-4-3-5-15-47(28)44-19/h9-12,17-18,28H,3-8,13-16H2,1-2H3,(H2,36,48)(H2,37,49)(H,42,43)(H,38,40,50)(H,39,41,51). The van der Waals surface area contributed by atoms with Gasteiger partial charge in [0.15, 0.2) is 5.69 Å². The summed E-state index contributed by atoms with van der Waals surface area (Å²) in [5.74, 6) is -1.03. The maximum atomic E-state index is 13.8. The number of hydrogen-bond acceptors (Lipinski definition) is 9. The Morgan fingerprint density at radius 2 is 1.37 bits per heavy atom. The lowest BCUT2D eigenvalue weighted by atomic mass is 10.0. The number of amides is 4. The molecule has 4 amide bonds. The molecule has 7 rings (SSSR count). The fourth-order valence-corrected chi connectivity index (χ4v) is 6.95. The van der Waals surface area contributed by atoms with Crippen LogP contribution in [0.25, 0.3) is 22.1 Å². The lowest BCUT2D eigenvalue weighted by Crippen LogP contribution is -2.39. The monoisotopic (exact) mass is 692 g/mol. The molecule has 1 atom stereocenters. The SMILES string of the molecule is CC1=NN2CCCCCc3c(n[nH]c3C)C(=O)Nc3nc4cc(C(N)=O)ccc4n3CCCCn3c(nc4cc(C(N)=O)ccc43)NC(=O)C2C1. The van der Waals surface area contributed by atoms with Crippen molar-refractivity contribution < 1.29 is 19.2 Å². The number of nitrogens with zero attached hydrogens (tertiary/aromatic N) is 7. The van der Waals surface area contributed by atoms with Gasteiger partial charge in [0, 0.05) is 54.2 Å². The van der Waals surface area contributed by atoms with E-state index in [0.717, 1.165) is 47.3 Å². The predicted molar refractivity (Wildman–Crippen MR) is 191 cm³/mol. The second-order valence-corrected chi connectivity index (χ2v) is 13.2. The van der Waals surface area contributed by atoms with Crippen molar-refractivity contribution in [3.8, 4) is 0 Å². The van der Waals surface area contributed by atoms with Gasteiger partial charge in [-0.25, -0.2) is 9.97 Å². The Morgan fingerprint density at radius 3 is 1.98 bits per heavy atom. The summed E-state index contributed by atoms with van der Waals surface area (Å²) in [6.45, 7) is 5.38. The average molecular weight is 693 g/mol. The molecule has 264 valence electrons. The van der Waals surface area contributed by atoms with Gasteiger partial charge in [-0.2, -0.15) is 10.2 Å². The molecule has 7 N–H and O–H groups in total. The molecule has 0 bridgehead atoms. The van der Waals surface area contributed by atoms with Crippen molar-refractivity contribution in [1.29, 1.82) is 0 Å². The topological polar surface area (TPSA) is 224 Å². The van der Waals surface area contributed by atoms with Gasteiger partial charge >= 0.3 is 0 Å². The zero-order valence-corrected chi connectivity index (χ0v) is 28.5. The normalized spacial score (nSPS) is 17.8. The molecule has 16 nitrogen and oxygen atoms in total. The van der Waals surface area contributed by atoms with Gasteiger partial charge in [0.2, 0.25) is 23.7 Å². The lowest BCUT2D eigenvalue weighted by molar-refractivity contribution is -0.120. The van der Waals surface area contributed by atoms with Gasteiger partial charge in [0.25, 0.3) is 11.8 Å². The van der Waals surface area contributed by atoms with Crippen LogP contribution < -0.4 is 22.1 Å². The summed E-state index contributed by atoms with van der Waals surface area (Å²) in [5, 5.41) is 19.9. The number of anilines is 2. The highest BCUT2D eigenvalue weighted by Crippen LogP contribution is 2.27. The van der Waals surface area contributed by atoms with Crippen molar-refractivity contribution in [2.45, 2.75) is 77.9 Å². The number of imidazole rings is 2.